The summed E-state index contributed by atoms with van der Waals surface area (Å²) in [5.41, 5.74) is 0.839. The topological polar surface area (TPSA) is 77.3 Å². The Morgan fingerprint density at radius 3 is 2.91 bits per heavy atom. The van der Waals surface area contributed by atoms with Crippen LogP contribution in [-0.2, 0) is 16.5 Å². The summed E-state index contributed by atoms with van der Waals surface area (Å²) in [5, 5.41) is 8.56. The summed E-state index contributed by atoms with van der Waals surface area (Å²) in [5.74, 6) is 1.56. The molecule has 3 heterocycles. The van der Waals surface area contributed by atoms with E-state index in [2.05, 4.69) is 25.3 Å². The number of fused-ring (bicyclic) bond motifs is 1. The lowest BCUT2D eigenvalue weighted by Gasteiger charge is -2.28. The number of nitrogens with zero attached hydrogens (tertiary/aromatic N) is 5. The number of aryl methyl sites for hydroxylation is 1. The highest BCUT2D eigenvalue weighted by molar-refractivity contribution is 5.88. The smallest absolute Gasteiger partial charge is 0.226 e. The molecule has 0 aromatic carbocycles. The van der Waals surface area contributed by atoms with Crippen LogP contribution in [0.5, 0.6) is 0 Å². The molecule has 1 aliphatic rings. The van der Waals surface area contributed by atoms with Crippen molar-refractivity contribution in [1.29, 1.82) is 0 Å². The molecule has 2 aromatic rings. The van der Waals surface area contributed by atoms with E-state index in [-0.39, 0.29) is 0 Å². The third kappa shape index (κ3) is 3.12. The van der Waals surface area contributed by atoms with Crippen molar-refractivity contribution in [3.05, 3.63) is 6.20 Å². The Morgan fingerprint density at radius 1 is 1.32 bits per heavy atom. The lowest BCUT2D eigenvalue weighted by atomic mass is 10.3. The van der Waals surface area contributed by atoms with E-state index in [1.807, 2.05) is 13.2 Å². The number of nitrogens with one attached hydrogen (secondary N) is 1. The van der Waals surface area contributed by atoms with Gasteiger partial charge < -0.3 is 19.7 Å². The van der Waals surface area contributed by atoms with Crippen LogP contribution in [0.4, 0.5) is 11.8 Å². The van der Waals surface area contributed by atoms with Crippen molar-refractivity contribution in [2.45, 2.75) is 6.42 Å². The first-order chi connectivity index (χ1) is 10.8. The molecule has 22 heavy (non-hydrogen) atoms. The van der Waals surface area contributed by atoms with Gasteiger partial charge in [0.1, 0.15) is 5.82 Å². The van der Waals surface area contributed by atoms with Gasteiger partial charge >= 0.3 is 0 Å². The predicted octanol–water partition coefficient (Wildman–Crippen LogP) is 0.648. The fourth-order valence-electron chi connectivity index (χ4n) is 2.52. The normalized spacial score (nSPS) is 15.5. The molecule has 0 unspecified atom stereocenters. The highest BCUT2D eigenvalue weighted by Crippen LogP contribution is 2.25. The molecule has 2 aromatic heterocycles. The number of aromatic nitrogens is 4. The van der Waals surface area contributed by atoms with Crippen molar-refractivity contribution in [3.63, 3.8) is 0 Å². The fourth-order valence-corrected chi connectivity index (χ4v) is 2.52. The summed E-state index contributed by atoms with van der Waals surface area (Å²) in [6.07, 6.45) is 2.74. The van der Waals surface area contributed by atoms with Gasteiger partial charge in [0, 0.05) is 40.4 Å². The van der Waals surface area contributed by atoms with Gasteiger partial charge in [-0.05, 0) is 6.42 Å². The lowest BCUT2D eigenvalue weighted by Crippen LogP contribution is -2.37. The first-order valence-electron chi connectivity index (χ1n) is 7.55. The first-order valence-corrected chi connectivity index (χ1v) is 7.55. The maximum Gasteiger partial charge on any atom is 0.226 e. The molecule has 0 radical (unpaired) electrons. The molecule has 3 rings (SSSR count). The Labute approximate surface area is 129 Å². The molecule has 120 valence electrons. The van der Waals surface area contributed by atoms with Crippen LogP contribution >= 0.6 is 0 Å². The van der Waals surface area contributed by atoms with E-state index in [1.165, 1.54) is 0 Å². The average Bonchev–Trinajstić information content (AvgIpc) is 2.93. The zero-order valence-corrected chi connectivity index (χ0v) is 13.1. The molecule has 0 aliphatic carbocycles. The van der Waals surface area contributed by atoms with Crippen molar-refractivity contribution in [2.24, 2.45) is 7.05 Å². The van der Waals surface area contributed by atoms with Gasteiger partial charge in [-0.1, -0.05) is 0 Å². The molecule has 0 amide bonds. The molecule has 1 saturated heterocycles. The summed E-state index contributed by atoms with van der Waals surface area (Å²) in [7, 11) is 3.60. The SMILES string of the molecule is COCCCNc1nc(N2CCOCC2)c2cnn(C)c2n1. The van der Waals surface area contributed by atoms with Crippen LogP contribution < -0.4 is 10.2 Å². The number of anilines is 2. The average molecular weight is 306 g/mol. The molecule has 1 fully saturated rings. The monoisotopic (exact) mass is 306 g/mol. The minimum absolute atomic E-state index is 0.633. The van der Waals surface area contributed by atoms with Gasteiger partial charge in [-0.25, -0.2) is 0 Å². The maximum absolute atomic E-state index is 5.43. The molecule has 1 aliphatic heterocycles. The van der Waals surface area contributed by atoms with Gasteiger partial charge in [-0.15, -0.1) is 0 Å². The number of hydrogen-bond donors (Lipinski definition) is 1. The van der Waals surface area contributed by atoms with E-state index >= 15 is 0 Å². The second kappa shape index (κ2) is 6.89. The van der Waals surface area contributed by atoms with Crippen LogP contribution in [0.15, 0.2) is 6.20 Å². The minimum atomic E-state index is 0.633. The maximum atomic E-state index is 5.43. The Hall–Kier alpha value is -1.93. The van der Waals surface area contributed by atoms with E-state index in [9.17, 15) is 0 Å². The number of ether oxygens (including phenoxy) is 2. The van der Waals surface area contributed by atoms with E-state index in [4.69, 9.17) is 9.47 Å². The van der Waals surface area contributed by atoms with Crippen molar-refractivity contribution < 1.29 is 9.47 Å². The lowest BCUT2D eigenvalue weighted by molar-refractivity contribution is 0.122. The summed E-state index contributed by atoms with van der Waals surface area (Å²) < 4.78 is 12.3. The molecule has 0 saturated carbocycles. The number of methoxy groups -OCH3 is 1. The Kier molecular flexibility index (Phi) is 4.69. The van der Waals surface area contributed by atoms with E-state index in [0.717, 1.165) is 62.7 Å². The number of rotatable bonds is 6. The van der Waals surface area contributed by atoms with E-state index in [0.29, 0.717) is 5.95 Å². The quantitative estimate of drug-likeness (QED) is 0.785. The van der Waals surface area contributed by atoms with Crippen LogP contribution in [0.2, 0.25) is 0 Å². The van der Waals surface area contributed by atoms with Crippen molar-refractivity contribution >= 4 is 22.8 Å². The Bertz CT molecular complexity index is 623. The number of morpholine rings is 1. The molecular formula is C14H22N6O2. The number of hydrogen-bond acceptors (Lipinski definition) is 7. The molecule has 0 spiro atoms. The molecule has 8 nitrogen and oxygen atoms in total. The highest BCUT2D eigenvalue weighted by Gasteiger charge is 2.19. The van der Waals surface area contributed by atoms with Crippen LogP contribution in [0.1, 0.15) is 6.42 Å². The van der Waals surface area contributed by atoms with Gasteiger partial charge in [-0.2, -0.15) is 15.1 Å². The van der Waals surface area contributed by atoms with E-state index in [1.54, 1.807) is 11.8 Å². The summed E-state index contributed by atoms with van der Waals surface area (Å²) in [6, 6.07) is 0. The van der Waals surface area contributed by atoms with Gasteiger partial charge in [0.05, 0.1) is 24.8 Å². The first kappa shape index (κ1) is 15.0. The van der Waals surface area contributed by atoms with Crippen LogP contribution in [-0.4, -0.2) is 66.3 Å². The summed E-state index contributed by atoms with van der Waals surface area (Å²) in [4.78, 5) is 11.5. The fraction of sp³-hybridized carbons (Fsp3) is 0.643. The van der Waals surface area contributed by atoms with Crippen molar-refractivity contribution in [1.82, 2.24) is 19.7 Å². The van der Waals surface area contributed by atoms with Crippen LogP contribution in [0, 0.1) is 0 Å². The van der Waals surface area contributed by atoms with Crippen molar-refractivity contribution in [2.75, 3.05) is 56.8 Å². The minimum Gasteiger partial charge on any atom is -0.385 e. The predicted molar refractivity (Wildman–Crippen MR) is 84.3 cm³/mol. The zero-order valence-electron chi connectivity index (χ0n) is 13.1. The van der Waals surface area contributed by atoms with Crippen molar-refractivity contribution in [3.8, 4) is 0 Å². The van der Waals surface area contributed by atoms with Gasteiger partial charge in [0.25, 0.3) is 0 Å². The van der Waals surface area contributed by atoms with Gasteiger partial charge in [0.2, 0.25) is 5.95 Å². The second-order valence-corrected chi connectivity index (χ2v) is 5.25. The second-order valence-electron chi connectivity index (χ2n) is 5.25. The zero-order chi connectivity index (χ0) is 15.4. The molecule has 8 heteroatoms. The molecular weight excluding hydrogens is 284 g/mol. The van der Waals surface area contributed by atoms with E-state index < -0.39 is 0 Å². The summed E-state index contributed by atoms with van der Waals surface area (Å²) in [6.45, 7) is 4.62. The Morgan fingerprint density at radius 2 is 2.14 bits per heavy atom. The van der Waals surface area contributed by atoms with Crippen LogP contribution in [0.25, 0.3) is 11.0 Å². The van der Waals surface area contributed by atoms with Gasteiger partial charge in [0.15, 0.2) is 5.65 Å². The largest absolute Gasteiger partial charge is 0.385 e. The highest BCUT2D eigenvalue weighted by atomic mass is 16.5. The van der Waals surface area contributed by atoms with Gasteiger partial charge in [-0.3, -0.25) is 4.68 Å². The standard InChI is InChI=1S/C14H22N6O2/c1-19-12-11(10-16-19)13(20-5-8-22-9-6-20)18-14(17-12)15-4-3-7-21-2/h10H,3-9H2,1-2H3,(H,15,17,18). The third-order valence-electron chi connectivity index (χ3n) is 3.69. The summed E-state index contributed by atoms with van der Waals surface area (Å²) >= 11 is 0. The third-order valence-corrected chi connectivity index (χ3v) is 3.69. The Balaban J connectivity index is 1.87. The molecule has 0 atom stereocenters. The van der Waals surface area contributed by atoms with Crippen LogP contribution in [0.3, 0.4) is 0 Å². The molecule has 0 bridgehead atoms. The molecule has 1 N–H and O–H groups in total.